The molecule has 1 aliphatic rings. The average molecular weight is 321 g/mol. The Morgan fingerprint density at radius 2 is 1.91 bits per heavy atom. The molecule has 0 saturated carbocycles. The number of carbonyl (C=O) groups excluding carboxylic acids is 1. The van der Waals surface area contributed by atoms with Gasteiger partial charge in [0, 0.05) is 32.2 Å². The third-order valence-electron chi connectivity index (χ3n) is 4.54. The van der Waals surface area contributed by atoms with Crippen LogP contribution in [0.4, 0.5) is 0 Å². The van der Waals surface area contributed by atoms with Crippen molar-refractivity contribution in [1.82, 2.24) is 4.90 Å². The summed E-state index contributed by atoms with van der Waals surface area (Å²) in [5.74, 6) is -0.966. The highest BCUT2D eigenvalue weighted by Gasteiger charge is 2.35. The lowest BCUT2D eigenvalue weighted by molar-refractivity contribution is -0.136. The van der Waals surface area contributed by atoms with Crippen molar-refractivity contribution in [2.75, 3.05) is 26.8 Å². The van der Waals surface area contributed by atoms with Crippen LogP contribution in [-0.2, 0) is 16.0 Å². The molecule has 2 rings (SSSR count). The number of carboxylic acid groups (broad SMARTS) is 1. The number of likely N-dealkylation sites (tertiary alicyclic amines) is 1. The highest BCUT2D eigenvalue weighted by Crippen LogP contribution is 2.26. The molecule has 1 heterocycles. The van der Waals surface area contributed by atoms with Gasteiger partial charge in [0.1, 0.15) is 0 Å². The van der Waals surface area contributed by atoms with Crippen LogP contribution in [0.15, 0.2) is 24.3 Å². The molecule has 2 N–H and O–H groups in total. The summed E-state index contributed by atoms with van der Waals surface area (Å²) in [5, 5.41) is 18.3. The summed E-state index contributed by atoms with van der Waals surface area (Å²) >= 11 is 0. The van der Waals surface area contributed by atoms with Crippen LogP contribution in [0.3, 0.4) is 0 Å². The first-order valence-electron chi connectivity index (χ1n) is 7.76. The standard InChI is InChI=1S/C17H23NO5/c1-23-17(12-19)8-10-18(11-9-17)16(22)14-5-3-2-4-13(14)6-7-15(20)21/h2-5,19H,6-12H2,1H3,(H,20,21). The maximum Gasteiger partial charge on any atom is 0.303 e. The fourth-order valence-electron chi connectivity index (χ4n) is 2.90. The van der Waals surface area contributed by atoms with Crippen molar-refractivity contribution in [3.8, 4) is 0 Å². The maximum absolute atomic E-state index is 12.7. The Hall–Kier alpha value is -1.92. The van der Waals surface area contributed by atoms with E-state index >= 15 is 0 Å². The first-order valence-corrected chi connectivity index (χ1v) is 7.76. The number of hydrogen-bond donors (Lipinski definition) is 2. The number of methoxy groups -OCH3 is 1. The molecule has 0 unspecified atom stereocenters. The van der Waals surface area contributed by atoms with Crippen molar-refractivity contribution < 1.29 is 24.5 Å². The molecule has 1 amide bonds. The van der Waals surface area contributed by atoms with Gasteiger partial charge in [-0.25, -0.2) is 0 Å². The molecule has 6 heteroatoms. The van der Waals surface area contributed by atoms with Gasteiger partial charge in [0.15, 0.2) is 0 Å². The minimum absolute atomic E-state index is 0.00158. The molecular formula is C17H23NO5. The average Bonchev–Trinajstić information content (AvgIpc) is 2.59. The zero-order valence-electron chi connectivity index (χ0n) is 13.3. The molecule has 0 bridgehead atoms. The van der Waals surface area contributed by atoms with E-state index < -0.39 is 11.6 Å². The highest BCUT2D eigenvalue weighted by molar-refractivity contribution is 5.95. The van der Waals surface area contributed by atoms with Crippen molar-refractivity contribution in [2.24, 2.45) is 0 Å². The van der Waals surface area contributed by atoms with Gasteiger partial charge in [0.2, 0.25) is 0 Å². The number of benzene rings is 1. The summed E-state index contributed by atoms with van der Waals surface area (Å²) in [6.45, 7) is 0.974. The lowest BCUT2D eigenvalue weighted by Gasteiger charge is -2.39. The third-order valence-corrected chi connectivity index (χ3v) is 4.54. The van der Waals surface area contributed by atoms with E-state index in [9.17, 15) is 14.7 Å². The molecule has 0 atom stereocenters. The van der Waals surface area contributed by atoms with Crippen molar-refractivity contribution in [3.63, 3.8) is 0 Å². The Morgan fingerprint density at radius 1 is 1.26 bits per heavy atom. The van der Waals surface area contributed by atoms with Gasteiger partial charge in [0.05, 0.1) is 12.2 Å². The second-order valence-electron chi connectivity index (χ2n) is 5.89. The number of aliphatic hydroxyl groups is 1. The fourth-order valence-corrected chi connectivity index (χ4v) is 2.90. The number of nitrogens with zero attached hydrogens (tertiary/aromatic N) is 1. The van der Waals surface area contributed by atoms with E-state index in [1.165, 1.54) is 0 Å². The van der Waals surface area contributed by atoms with Crippen molar-refractivity contribution in [1.29, 1.82) is 0 Å². The quantitative estimate of drug-likeness (QED) is 0.825. The lowest BCUT2D eigenvalue weighted by atomic mass is 9.91. The Labute approximate surface area is 135 Å². The van der Waals surface area contributed by atoms with E-state index in [4.69, 9.17) is 9.84 Å². The predicted octanol–water partition coefficient (Wildman–Crippen LogP) is 1.32. The molecule has 0 aliphatic carbocycles. The number of ether oxygens (including phenoxy) is 1. The number of carbonyl (C=O) groups is 2. The zero-order valence-corrected chi connectivity index (χ0v) is 13.3. The van der Waals surface area contributed by atoms with Crippen molar-refractivity contribution >= 4 is 11.9 Å². The van der Waals surface area contributed by atoms with Crippen LogP contribution in [0, 0.1) is 0 Å². The number of piperidine rings is 1. The van der Waals surface area contributed by atoms with Gasteiger partial charge in [-0.05, 0) is 30.9 Å². The summed E-state index contributed by atoms with van der Waals surface area (Å²) in [6, 6.07) is 7.14. The van der Waals surface area contributed by atoms with E-state index in [-0.39, 0.29) is 18.9 Å². The zero-order chi connectivity index (χ0) is 16.9. The summed E-state index contributed by atoms with van der Waals surface area (Å²) in [4.78, 5) is 25.2. The van der Waals surface area contributed by atoms with E-state index in [1.54, 1.807) is 30.2 Å². The van der Waals surface area contributed by atoms with Gasteiger partial charge in [0.25, 0.3) is 5.91 Å². The number of aryl methyl sites for hydroxylation is 1. The minimum atomic E-state index is -0.877. The van der Waals surface area contributed by atoms with E-state index in [0.29, 0.717) is 37.9 Å². The molecule has 23 heavy (non-hydrogen) atoms. The largest absolute Gasteiger partial charge is 0.481 e. The number of aliphatic carboxylic acids is 1. The summed E-state index contributed by atoms with van der Waals surface area (Å²) in [6.07, 6.45) is 1.51. The molecular weight excluding hydrogens is 298 g/mol. The van der Waals surface area contributed by atoms with Gasteiger partial charge in [-0.15, -0.1) is 0 Å². The fraction of sp³-hybridized carbons (Fsp3) is 0.529. The van der Waals surface area contributed by atoms with Crippen LogP contribution in [0.5, 0.6) is 0 Å². The van der Waals surface area contributed by atoms with Crippen LogP contribution in [0.1, 0.15) is 35.2 Å². The predicted molar refractivity (Wildman–Crippen MR) is 84.4 cm³/mol. The van der Waals surface area contributed by atoms with Gasteiger partial charge >= 0.3 is 5.97 Å². The first kappa shape index (κ1) is 17.4. The molecule has 126 valence electrons. The molecule has 0 radical (unpaired) electrons. The van der Waals surface area contributed by atoms with Gasteiger partial charge in [-0.2, -0.15) is 0 Å². The molecule has 0 spiro atoms. The lowest BCUT2D eigenvalue weighted by Crippen LogP contribution is -2.49. The molecule has 1 aliphatic heterocycles. The topological polar surface area (TPSA) is 87.1 Å². The van der Waals surface area contributed by atoms with Crippen LogP contribution >= 0.6 is 0 Å². The second kappa shape index (κ2) is 7.57. The number of hydrogen-bond acceptors (Lipinski definition) is 4. The third kappa shape index (κ3) is 4.09. The van der Waals surface area contributed by atoms with Crippen molar-refractivity contribution in [3.05, 3.63) is 35.4 Å². The Balaban J connectivity index is 2.08. The maximum atomic E-state index is 12.7. The minimum Gasteiger partial charge on any atom is -0.481 e. The van der Waals surface area contributed by atoms with Crippen LogP contribution < -0.4 is 0 Å². The monoisotopic (exact) mass is 321 g/mol. The smallest absolute Gasteiger partial charge is 0.303 e. The highest BCUT2D eigenvalue weighted by atomic mass is 16.5. The summed E-state index contributed by atoms with van der Waals surface area (Å²) < 4.78 is 5.40. The van der Waals surface area contributed by atoms with Crippen LogP contribution in [0.2, 0.25) is 0 Å². The van der Waals surface area contributed by atoms with Gasteiger partial charge in [-0.3, -0.25) is 9.59 Å². The SMILES string of the molecule is COC1(CO)CCN(C(=O)c2ccccc2CCC(=O)O)CC1. The number of carboxylic acids is 1. The molecule has 1 aromatic rings. The molecule has 1 saturated heterocycles. The molecule has 1 aromatic carbocycles. The number of rotatable bonds is 6. The normalized spacial score (nSPS) is 17.0. The Kier molecular flexibility index (Phi) is 5.74. The Bertz CT molecular complexity index is 558. The van der Waals surface area contributed by atoms with Gasteiger partial charge < -0.3 is 19.8 Å². The molecule has 1 fully saturated rings. The van der Waals surface area contributed by atoms with E-state index in [1.807, 2.05) is 6.07 Å². The summed E-state index contributed by atoms with van der Waals surface area (Å²) in [5.41, 5.74) is 0.757. The summed E-state index contributed by atoms with van der Waals surface area (Å²) in [7, 11) is 1.58. The first-order chi connectivity index (χ1) is 11.0. The Morgan fingerprint density at radius 3 is 2.48 bits per heavy atom. The second-order valence-corrected chi connectivity index (χ2v) is 5.89. The number of aliphatic hydroxyl groups excluding tert-OH is 1. The molecule has 0 aromatic heterocycles. The van der Waals surface area contributed by atoms with Crippen LogP contribution in [-0.4, -0.2) is 59.4 Å². The van der Waals surface area contributed by atoms with Gasteiger partial charge in [-0.1, -0.05) is 18.2 Å². The van der Waals surface area contributed by atoms with Crippen LogP contribution in [0.25, 0.3) is 0 Å². The van der Waals surface area contributed by atoms with E-state index in [0.717, 1.165) is 5.56 Å². The van der Waals surface area contributed by atoms with E-state index in [2.05, 4.69) is 0 Å². The van der Waals surface area contributed by atoms with Crippen molar-refractivity contribution in [2.45, 2.75) is 31.3 Å². The molecule has 6 nitrogen and oxygen atoms in total. The number of amides is 1.